The lowest BCUT2D eigenvalue weighted by atomic mass is 9.91. The maximum Gasteiger partial charge on any atom is 0.0585 e. The van der Waals surface area contributed by atoms with Gasteiger partial charge < -0.3 is 15.7 Å². The molecule has 1 atom stereocenters. The molecule has 1 heterocycles. The molecule has 3 N–H and O–H groups in total. The number of likely N-dealkylation sites (tertiary alicyclic amines) is 1. The third-order valence-electron chi connectivity index (χ3n) is 2.58. The average molecular weight is 158 g/mol. The lowest BCUT2D eigenvalue weighted by Gasteiger charge is -2.31. The number of rotatable bonds is 2. The molecule has 1 saturated heterocycles. The Morgan fingerprint density at radius 3 is 2.55 bits per heavy atom. The maximum absolute atomic E-state index is 8.81. The Hall–Kier alpha value is -0.120. The van der Waals surface area contributed by atoms with Gasteiger partial charge in [-0.2, -0.15) is 0 Å². The Kier molecular flexibility index (Phi) is 3.30. The summed E-state index contributed by atoms with van der Waals surface area (Å²) in [5.41, 5.74) is 5.72. The highest BCUT2D eigenvalue weighted by Crippen LogP contribution is 2.17. The van der Waals surface area contributed by atoms with Crippen LogP contribution in [0.15, 0.2) is 0 Å². The molecule has 0 saturated carbocycles. The summed E-state index contributed by atoms with van der Waals surface area (Å²) in [6, 6.07) is 0.00343. The summed E-state index contributed by atoms with van der Waals surface area (Å²) in [6.45, 7) is 2.38. The van der Waals surface area contributed by atoms with Crippen LogP contribution in [0.25, 0.3) is 0 Å². The first-order valence-electron chi connectivity index (χ1n) is 4.29. The molecule has 3 nitrogen and oxygen atoms in total. The van der Waals surface area contributed by atoms with Crippen molar-refractivity contribution in [2.24, 2.45) is 11.7 Å². The number of nitrogens with two attached hydrogens (primary N) is 1. The standard InChI is InChI=1S/C8H18N2O/c1-10-4-2-7(3-5-10)8(9)6-11/h7-8,11H,2-6,9H2,1H3. The summed E-state index contributed by atoms with van der Waals surface area (Å²) in [6.07, 6.45) is 2.27. The van der Waals surface area contributed by atoms with Crippen LogP contribution in [0.2, 0.25) is 0 Å². The van der Waals surface area contributed by atoms with Gasteiger partial charge in [-0.15, -0.1) is 0 Å². The molecule has 0 aliphatic carbocycles. The highest BCUT2D eigenvalue weighted by Gasteiger charge is 2.21. The Morgan fingerprint density at radius 2 is 2.09 bits per heavy atom. The molecule has 0 aromatic rings. The van der Waals surface area contributed by atoms with Gasteiger partial charge in [-0.3, -0.25) is 0 Å². The zero-order valence-corrected chi connectivity index (χ0v) is 7.16. The molecule has 1 aliphatic heterocycles. The highest BCUT2D eigenvalue weighted by atomic mass is 16.3. The van der Waals surface area contributed by atoms with E-state index in [-0.39, 0.29) is 12.6 Å². The van der Waals surface area contributed by atoms with Gasteiger partial charge in [0.25, 0.3) is 0 Å². The minimum absolute atomic E-state index is 0.00343. The summed E-state index contributed by atoms with van der Waals surface area (Å²) < 4.78 is 0. The van der Waals surface area contributed by atoms with Gasteiger partial charge in [-0.25, -0.2) is 0 Å². The van der Waals surface area contributed by atoms with Crippen molar-refractivity contribution in [1.82, 2.24) is 4.90 Å². The van der Waals surface area contributed by atoms with E-state index < -0.39 is 0 Å². The van der Waals surface area contributed by atoms with E-state index in [9.17, 15) is 0 Å². The molecule has 0 aromatic heterocycles. The summed E-state index contributed by atoms with van der Waals surface area (Å²) >= 11 is 0. The van der Waals surface area contributed by atoms with Gasteiger partial charge in [0, 0.05) is 6.04 Å². The third-order valence-corrected chi connectivity index (χ3v) is 2.58. The van der Waals surface area contributed by atoms with Crippen LogP contribution < -0.4 is 5.73 Å². The van der Waals surface area contributed by atoms with E-state index in [1.165, 1.54) is 0 Å². The highest BCUT2D eigenvalue weighted by molar-refractivity contribution is 4.77. The van der Waals surface area contributed by atoms with Gasteiger partial charge in [-0.1, -0.05) is 0 Å². The fraction of sp³-hybridized carbons (Fsp3) is 1.00. The molecule has 11 heavy (non-hydrogen) atoms. The largest absolute Gasteiger partial charge is 0.395 e. The first-order valence-corrected chi connectivity index (χ1v) is 4.29. The van der Waals surface area contributed by atoms with Crippen LogP contribution in [0, 0.1) is 5.92 Å². The summed E-state index contributed by atoms with van der Waals surface area (Å²) in [4.78, 5) is 2.31. The molecule has 1 fully saturated rings. The van der Waals surface area contributed by atoms with Gasteiger partial charge in [0.05, 0.1) is 6.61 Å². The molecule has 0 radical (unpaired) electrons. The quantitative estimate of drug-likeness (QED) is 0.577. The number of hydrogen-bond acceptors (Lipinski definition) is 3. The van der Waals surface area contributed by atoms with Crippen molar-refractivity contribution in [3.63, 3.8) is 0 Å². The molecule has 1 aliphatic rings. The van der Waals surface area contributed by atoms with E-state index >= 15 is 0 Å². The second-order valence-electron chi connectivity index (χ2n) is 3.49. The van der Waals surface area contributed by atoms with E-state index in [1.807, 2.05) is 0 Å². The second kappa shape index (κ2) is 4.04. The molecule has 66 valence electrons. The van der Waals surface area contributed by atoms with Crippen molar-refractivity contribution in [1.29, 1.82) is 0 Å². The number of hydrogen-bond donors (Lipinski definition) is 2. The Bertz CT molecular complexity index is 111. The normalized spacial score (nSPS) is 25.4. The smallest absolute Gasteiger partial charge is 0.0585 e. The molecule has 0 spiro atoms. The molecular formula is C8H18N2O. The SMILES string of the molecule is CN1CCC(C(N)CO)CC1. The van der Waals surface area contributed by atoms with Gasteiger partial charge in [0.1, 0.15) is 0 Å². The van der Waals surface area contributed by atoms with Crippen molar-refractivity contribution in [2.45, 2.75) is 18.9 Å². The van der Waals surface area contributed by atoms with Crippen molar-refractivity contribution in [3.8, 4) is 0 Å². The fourth-order valence-electron chi connectivity index (χ4n) is 1.61. The second-order valence-corrected chi connectivity index (χ2v) is 3.49. The van der Waals surface area contributed by atoms with Gasteiger partial charge in [0.15, 0.2) is 0 Å². The third kappa shape index (κ3) is 2.43. The van der Waals surface area contributed by atoms with Gasteiger partial charge >= 0.3 is 0 Å². The van der Waals surface area contributed by atoms with E-state index in [4.69, 9.17) is 10.8 Å². The monoisotopic (exact) mass is 158 g/mol. The summed E-state index contributed by atoms with van der Waals surface area (Å²) in [7, 11) is 2.13. The van der Waals surface area contributed by atoms with Crippen LogP contribution in [0.4, 0.5) is 0 Å². The van der Waals surface area contributed by atoms with Crippen molar-refractivity contribution >= 4 is 0 Å². The van der Waals surface area contributed by atoms with E-state index in [0.717, 1.165) is 25.9 Å². The van der Waals surface area contributed by atoms with E-state index in [1.54, 1.807) is 0 Å². The number of aliphatic hydroxyl groups is 1. The maximum atomic E-state index is 8.81. The molecule has 0 aromatic carbocycles. The first kappa shape index (κ1) is 8.97. The fourth-order valence-corrected chi connectivity index (χ4v) is 1.61. The zero-order chi connectivity index (χ0) is 8.27. The Morgan fingerprint density at radius 1 is 1.55 bits per heavy atom. The predicted molar refractivity (Wildman–Crippen MR) is 45.3 cm³/mol. The molecular weight excluding hydrogens is 140 g/mol. The van der Waals surface area contributed by atoms with Crippen LogP contribution in [0.1, 0.15) is 12.8 Å². The minimum Gasteiger partial charge on any atom is -0.395 e. The van der Waals surface area contributed by atoms with Crippen LogP contribution >= 0.6 is 0 Å². The van der Waals surface area contributed by atoms with E-state index in [0.29, 0.717) is 5.92 Å². The lowest BCUT2D eigenvalue weighted by molar-refractivity contribution is 0.158. The van der Waals surface area contributed by atoms with Gasteiger partial charge in [-0.05, 0) is 38.9 Å². The molecule has 0 bridgehead atoms. The molecule has 1 unspecified atom stereocenters. The Balaban J connectivity index is 2.27. The predicted octanol–water partition coefficient (Wildman–Crippen LogP) is -0.352. The lowest BCUT2D eigenvalue weighted by Crippen LogP contribution is -2.41. The molecule has 1 rings (SSSR count). The number of nitrogens with zero attached hydrogens (tertiary/aromatic N) is 1. The van der Waals surface area contributed by atoms with Crippen LogP contribution in [-0.2, 0) is 0 Å². The van der Waals surface area contributed by atoms with Crippen LogP contribution in [0.5, 0.6) is 0 Å². The van der Waals surface area contributed by atoms with Crippen molar-refractivity contribution in [3.05, 3.63) is 0 Å². The van der Waals surface area contributed by atoms with Crippen LogP contribution in [0.3, 0.4) is 0 Å². The number of aliphatic hydroxyl groups excluding tert-OH is 1. The number of piperidine rings is 1. The molecule has 3 heteroatoms. The zero-order valence-electron chi connectivity index (χ0n) is 7.16. The topological polar surface area (TPSA) is 49.5 Å². The average Bonchev–Trinajstić information content (AvgIpc) is 2.05. The first-order chi connectivity index (χ1) is 5.24. The summed E-state index contributed by atoms with van der Waals surface area (Å²) in [5, 5.41) is 8.81. The minimum atomic E-state index is 0.00343. The Labute approximate surface area is 68.2 Å². The van der Waals surface area contributed by atoms with Crippen molar-refractivity contribution < 1.29 is 5.11 Å². The summed E-state index contributed by atoms with van der Waals surface area (Å²) in [5.74, 6) is 0.538. The molecule has 0 amide bonds. The van der Waals surface area contributed by atoms with E-state index in [2.05, 4.69) is 11.9 Å². The van der Waals surface area contributed by atoms with Crippen LogP contribution in [-0.4, -0.2) is 42.8 Å². The van der Waals surface area contributed by atoms with Crippen molar-refractivity contribution in [2.75, 3.05) is 26.7 Å². The van der Waals surface area contributed by atoms with Gasteiger partial charge in [0.2, 0.25) is 0 Å².